The van der Waals surface area contributed by atoms with E-state index in [4.69, 9.17) is 0 Å². The summed E-state index contributed by atoms with van der Waals surface area (Å²) in [6.07, 6.45) is 5.84. The van der Waals surface area contributed by atoms with Crippen LogP contribution in [0.4, 0.5) is 11.4 Å². The van der Waals surface area contributed by atoms with E-state index in [-0.39, 0.29) is 5.91 Å². The number of hydrogen-bond acceptors (Lipinski definition) is 3. The average Bonchev–Trinajstić information content (AvgIpc) is 2.57. The fourth-order valence-corrected chi connectivity index (χ4v) is 2.95. The maximum Gasteiger partial charge on any atom is 0.256 e. The Morgan fingerprint density at radius 3 is 2.52 bits per heavy atom. The minimum atomic E-state index is -0.0931. The Kier molecular flexibility index (Phi) is 4.60. The minimum Gasteiger partial charge on any atom is -0.372 e. The molecule has 0 spiro atoms. The standard InChI is InChI=1S/C19H23N3O/c1-14-8-11-22(12-9-14)17-5-3-16(4-6-17)21-19(23)18-7-10-20-13-15(18)2/h3-7,10,13-14H,8-9,11-12H2,1-2H3,(H,21,23). The van der Waals surface area contributed by atoms with Gasteiger partial charge in [0.15, 0.2) is 0 Å². The SMILES string of the molecule is Cc1cnccc1C(=O)Nc1ccc(N2CCC(C)CC2)cc1. The molecular weight excluding hydrogens is 286 g/mol. The Balaban J connectivity index is 1.66. The lowest BCUT2D eigenvalue weighted by atomic mass is 9.99. The van der Waals surface area contributed by atoms with E-state index < -0.39 is 0 Å². The summed E-state index contributed by atoms with van der Waals surface area (Å²) in [5.41, 5.74) is 3.59. The predicted molar refractivity (Wildman–Crippen MR) is 94.0 cm³/mol. The van der Waals surface area contributed by atoms with Gasteiger partial charge in [0.1, 0.15) is 0 Å². The fraction of sp³-hybridized carbons (Fsp3) is 0.368. The van der Waals surface area contributed by atoms with Crippen LogP contribution in [0.2, 0.25) is 0 Å². The lowest BCUT2D eigenvalue weighted by Gasteiger charge is -2.32. The van der Waals surface area contributed by atoms with Crippen molar-refractivity contribution in [2.24, 2.45) is 5.92 Å². The maximum absolute atomic E-state index is 12.3. The van der Waals surface area contributed by atoms with E-state index >= 15 is 0 Å². The molecule has 4 nitrogen and oxygen atoms in total. The Morgan fingerprint density at radius 1 is 1.17 bits per heavy atom. The topological polar surface area (TPSA) is 45.2 Å². The number of anilines is 2. The number of aromatic nitrogens is 1. The molecule has 0 aliphatic carbocycles. The molecule has 1 fully saturated rings. The number of hydrogen-bond donors (Lipinski definition) is 1. The van der Waals surface area contributed by atoms with Crippen LogP contribution in [-0.4, -0.2) is 24.0 Å². The molecular formula is C19H23N3O. The number of carbonyl (C=O) groups is 1. The molecule has 1 N–H and O–H groups in total. The smallest absolute Gasteiger partial charge is 0.256 e. The third-order valence-electron chi connectivity index (χ3n) is 4.54. The van der Waals surface area contributed by atoms with Crippen molar-refractivity contribution in [3.05, 3.63) is 53.9 Å². The van der Waals surface area contributed by atoms with Gasteiger partial charge in [-0.2, -0.15) is 0 Å². The number of piperidine rings is 1. The molecule has 1 aliphatic rings. The third-order valence-corrected chi connectivity index (χ3v) is 4.54. The Morgan fingerprint density at radius 2 is 1.87 bits per heavy atom. The Hall–Kier alpha value is -2.36. The molecule has 0 unspecified atom stereocenters. The van der Waals surface area contributed by atoms with Crippen molar-refractivity contribution in [2.75, 3.05) is 23.3 Å². The lowest BCUT2D eigenvalue weighted by molar-refractivity contribution is 0.102. The van der Waals surface area contributed by atoms with Crippen LogP contribution in [-0.2, 0) is 0 Å². The van der Waals surface area contributed by atoms with Crippen LogP contribution < -0.4 is 10.2 Å². The van der Waals surface area contributed by atoms with Gasteiger partial charge in [0.05, 0.1) is 0 Å². The molecule has 1 aromatic heterocycles. The summed E-state index contributed by atoms with van der Waals surface area (Å²) in [6.45, 7) is 6.44. The van der Waals surface area contributed by atoms with E-state index in [2.05, 4.69) is 34.3 Å². The minimum absolute atomic E-state index is 0.0931. The van der Waals surface area contributed by atoms with E-state index in [1.54, 1.807) is 18.5 Å². The first kappa shape index (κ1) is 15.5. The van der Waals surface area contributed by atoms with E-state index in [1.807, 2.05) is 19.1 Å². The van der Waals surface area contributed by atoms with Crippen LogP contribution in [0.3, 0.4) is 0 Å². The summed E-state index contributed by atoms with van der Waals surface area (Å²) in [4.78, 5) is 18.7. The van der Waals surface area contributed by atoms with Crippen molar-refractivity contribution in [2.45, 2.75) is 26.7 Å². The van der Waals surface area contributed by atoms with Gasteiger partial charge in [0.2, 0.25) is 0 Å². The zero-order valence-electron chi connectivity index (χ0n) is 13.7. The highest BCUT2D eigenvalue weighted by atomic mass is 16.1. The highest BCUT2D eigenvalue weighted by molar-refractivity contribution is 6.05. The van der Waals surface area contributed by atoms with Crippen LogP contribution in [0.15, 0.2) is 42.7 Å². The summed E-state index contributed by atoms with van der Waals surface area (Å²) in [5, 5.41) is 2.95. The number of amides is 1. The van der Waals surface area contributed by atoms with E-state index in [0.29, 0.717) is 5.56 Å². The molecule has 4 heteroatoms. The zero-order chi connectivity index (χ0) is 16.2. The van der Waals surface area contributed by atoms with Crippen LogP contribution in [0, 0.1) is 12.8 Å². The van der Waals surface area contributed by atoms with Crippen molar-refractivity contribution in [1.82, 2.24) is 4.98 Å². The number of benzene rings is 1. The van der Waals surface area contributed by atoms with Crippen LogP contribution in [0.25, 0.3) is 0 Å². The molecule has 23 heavy (non-hydrogen) atoms. The van der Waals surface area contributed by atoms with Gasteiger partial charge < -0.3 is 10.2 Å². The summed E-state index contributed by atoms with van der Waals surface area (Å²) in [6, 6.07) is 9.87. The van der Waals surface area contributed by atoms with Crippen molar-refractivity contribution in [1.29, 1.82) is 0 Å². The lowest BCUT2D eigenvalue weighted by Crippen LogP contribution is -2.32. The van der Waals surface area contributed by atoms with Gasteiger partial charge in [0, 0.05) is 42.4 Å². The van der Waals surface area contributed by atoms with Gasteiger partial charge in [-0.1, -0.05) is 6.92 Å². The van der Waals surface area contributed by atoms with Gasteiger partial charge >= 0.3 is 0 Å². The van der Waals surface area contributed by atoms with Crippen LogP contribution >= 0.6 is 0 Å². The van der Waals surface area contributed by atoms with Crippen molar-refractivity contribution >= 4 is 17.3 Å². The summed E-state index contributed by atoms with van der Waals surface area (Å²) in [7, 11) is 0. The van der Waals surface area contributed by atoms with Crippen molar-refractivity contribution in [3.8, 4) is 0 Å². The number of nitrogens with zero attached hydrogens (tertiary/aromatic N) is 2. The number of carbonyl (C=O) groups excluding carboxylic acids is 1. The fourth-order valence-electron chi connectivity index (χ4n) is 2.95. The Labute approximate surface area is 137 Å². The first-order valence-corrected chi connectivity index (χ1v) is 8.20. The van der Waals surface area contributed by atoms with E-state index in [0.717, 1.165) is 30.3 Å². The molecule has 0 saturated carbocycles. The summed E-state index contributed by atoms with van der Waals surface area (Å²) in [5.74, 6) is 0.734. The molecule has 0 radical (unpaired) electrons. The normalized spacial score (nSPS) is 15.5. The van der Waals surface area contributed by atoms with Crippen molar-refractivity contribution in [3.63, 3.8) is 0 Å². The molecule has 2 heterocycles. The van der Waals surface area contributed by atoms with Crippen molar-refractivity contribution < 1.29 is 4.79 Å². The second-order valence-corrected chi connectivity index (χ2v) is 6.36. The second kappa shape index (κ2) is 6.82. The highest BCUT2D eigenvalue weighted by Crippen LogP contribution is 2.24. The predicted octanol–water partition coefficient (Wildman–Crippen LogP) is 3.88. The van der Waals surface area contributed by atoms with Crippen LogP contribution in [0.5, 0.6) is 0 Å². The maximum atomic E-state index is 12.3. The summed E-state index contributed by atoms with van der Waals surface area (Å²) >= 11 is 0. The third kappa shape index (κ3) is 3.70. The quantitative estimate of drug-likeness (QED) is 0.936. The van der Waals surface area contributed by atoms with E-state index in [1.165, 1.54) is 18.5 Å². The molecule has 1 saturated heterocycles. The molecule has 3 rings (SSSR count). The molecule has 1 aliphatic heterocycles. The number of pyridine rings is 1. The van der Waals surface area contributed by atoms with Gasteiger partial charge in [-0.3, -0.25) is 9.78 Å². The molecule has 2 aromatic rings. The monoisotopic (exact) mass is 309 g/mol. The van der Waals surface area contributed by atoms with Gasteiger partial charge in [-0.15, -0.1) is 0 Å². The molecule has 1 amide bonds. The first-order chi connectivity index (χ1) is 11.1. The zero-order valence-corrected chi connectivity index (χ0v) is 13.7. The van der Waals surface area contributed by atoms with Gasteiger partial charge in [0.25, 0.3) is 5.91 Å². The molecule has 120 valence electrons. The summed E-state index contributed by atoms with van der Waals surface area (Å²) < 4.78 is 0. The Bertz CT molecular complexity index is 673. The first-order valence-electron chi connectivity index (χ1n) is 8.20. The van der Waals surface area contributed by atoms with Crippen LogP contribution in [0.1, 0.15) is 35.7 Å². The van der Waals surface area contributed by atoms with Gasteiger partial charge in [-0.05, 0) is 61.6 Å². The number of aryl methyl sites for hydroxylation is 1. The van der Waals surface area contributed by atoms with Gasteiger partial charge in [-0.25, -0.2) is 0 Å². The van der Waals surface area contributed by atoms with E-state index in [9.17, 15) is 4.79 Å². The average molecular weight is 309 g/mol. The second-order valence-electron chi connectivity index (χ2n) is 6.36. The number of nitrogens with one attached hydrogen (secondary N) is 1. The highest BCUT2D eigenvalue weighted by Gasteiger charge is 2.16. The molecule has 1 aromatic carbocycles. The number of rotatable bonds is 3. The molecule has 0 bridgehead atoms. The molecule has 0 atom stereocenters. The largest absolute Gasteiger partial charge is 0.372 e.